The van der Waals surface area contributed by atoms with Crippen LogP contribution in [0.2, 0.25) is 5.02 Å². The molecule has 0 aliphatic heterocycles. The fourth-order valence-electron chi connectivity index (χ4n) is 2.63. The van der Waals surface area contributed by atoms with E-state index in [0.29, 0.717) is 17.1 Å². The Bertz CT molecular complexity index is 802. The van der Waals surface area contributed by atoms with Crippen molar-refractivity contribution in [3.63, 3.8) is 0 Å². The predicted octanol–water partition coefficient (Wildman–Crippen LogP) is 5.05. The van der Waals surface area contributed by atoms with Crippen LogP contribution < -0.4 is 5.32 Å². The van der Waals surface area contributed by atoms with Crippen molar-refractivity contribution in [2.24, 2.45) is 0 Å². The fraction of sp³-hybridized carbons (Fsp3) is 0.0952. The first kappa shape index (κ1) is 16.4. The van der Waals surface area contributed by atoms with Crippen LogP contribution in [0.5, 0.6) is 0 Å². The van der Waals surface area contributed by atoms with Gasteiger partial charge in [0.15, 0.2) is 5.78 Å². The van der Waals surface area contributed by atoms with Crippen molar-refractivity contribution < 1.29 is 4.79 Å². The van der Waals surface area contributed by atoms with Gasteiger partial charge in [0, 0.05) is 17.1 Å². The maximum atomic E-state index is 13.0. The summed E-state index contributed by atoms with van der Waals surface area (Å²) in [5.41, 5.74) is 2.61. The lowest BCUT2D eigenvalue weighted by Crippen LogP contribution is -2.28. The van der Waals surface area contributed by atoms with Crippen LogP contribution in [0.3, 0.4) is 0 Å². The highest BCUT2D eigenvalue weighted by Crippen LogP contribution is 2.21. The van der Waals surface area contributed by atoms with Crippen molar-refractivity contribution in [2.75, 3.05) is 0 Å². The van der Waals surface area contributed by atoms with E-state index in [-0.39, 0.29) is 5.78 Å². The Hall–Kier alpha value is -2.42. The average Bonchev–Trinajstić information content (AvgIpc) is 2.65. The van der Waals surface area contributed by atoms with Crippen molar-refractivity contribution in [1.29, 1.82) is 0 Å². The lowest BCUT2D eigenvalue weighted by atomic mass is 9.97. The number of carbonyl (C=O) groups excluding carboxylic acids is 1. The van der Waals surface area contributed by atoms with E-state index in [1.54, 1.807) is 0 Å². The van der Waals surface area contributed by atoms with Crippen molar-refractivity contribution in [2.45, 2.75) is 12.6 Å². The number of benzene rings is 3. The maximum absolute atomic E-state index is 13.0. The van der Waals surface area contributed by atoms with Gasteiger partial charge in [-0.15, -0.1) is 0 Å². The molecule has 1 N–H and O–H groups in total. The zero-order chi connectivity index (χ0) is 16.8. The van der Waals surface area contributed by atoms with Crippen molar-refractivity contribution in [3.05, 3.63) is 107 Å². The lowest BCUT2D eigenvalue weighted by molar-refractivity contribution is 0.0942. The highest BCUT2D eigenvalue weighted by Gasteiger charge is 2.21. The second-order valence-corrected chi connectivity index (χ2v) is 5.95. The molecule has 0 bridgehead atoms. The number of halogens is 1. The summed E-state index contributed by atoms with van der Waals surface area (Å²) in [6.07, 6.45) is 0. The summed E-state index contributed by atoms with van der Waals surface area (Å²) in [4.78, 5) is 13.0. The summed E-state index contributed by atoms with van der Waals surface area (Å²) < 4.78 is 0. The number of hydrogen-bond acceptors (Lipinski definition) is 2. The van der Waals surface area contributed by atoms with Crippen molar-refractivity contribution in [1.82, 2.24) is 5.32 Å². The molecule has 1 atom stereocenters. The summed E-state index contributed by atoms with van der Waals surface area (Å²) in [5.74, 6) is 0.0499. The summed E-state index contributed by atoms with van der Waals surface area (Å²) in [6, 6.07) is 26.4. The minimum Gasteiger partial charge on any atom is -0.299 e. The standard InChI is InChI=1S/C21H18ClNO/c22-19-14-8-7-13-18(19)15-23-20(16-9-3-1-4-10-16)21(24)17-11-5-2-6-12-17/h1-14,20,23H,15H2. The van der Waals surface area contributed by atoms with Gasteiger partial charge in [-0.3, -0.25) is 10.1 Å². The first-order chi connectivity index (χ1) is 11.8. The van der Waals surface area contributed by atoms with Crippen LogP contribution in [0.4, 0.5) is 0 Å². The molecule has 0 amide bonds. The molecule has 0 fully saturated rings. The van der Waals surface area contributed by atoms with E-state index in [0.717, 1.165) is 11.1 Å². The van der Waals surface area contributed by atoms with Gasteiger partial charge in [0.2, 0.25) is 0 Å². The van der Waals surface area contributed by atoms with E-state index in [2.05, 4.69) is 5.32 Å². The third-order valence-electron chi connectivity index (χ3n) is 3.91. The van der Waals surface area contributed by atoms with Gasteiger partial charge in [0.05, 0.1) is 6.04 Å². The SMILES string of the molecule is O=C(c1ccccc1)C(NCc1ccccc1Cl)c1ccccc1. The van der Waals surface area contributed by atoms with Gasteiger partial charge in [-0.05, 0) is 17.2 Å². The van der Waals surface area contributed by atoms with Gasteiger partial charge < -0.3 is 0 Å². The number of hydrogen-bond donors (Lipinski definition) is 1. The highest BCUT2D eigenvalue weighted by atomic mass is 35.5. The Morgan fingerprint density at radius 1 is 0.833 bits per heavy atom. The van der Waals surface area contributed by atoms with Crippen LogP contribution in [0.1, 0.15) is 27.5 Å². The predicted molar refractivity (Wildman–Crippen MR) is 98.2 cm³/mol. The highest BCUT2D eigenvalue weighted by molar-refractivity contribution is 6.31. The summed E-state index contributed by atoms with van der Waals surface area (Å²) >= 11 is 6.23. The van der Waals surface area contributed by atoms with Gasteiger partial charge in [0.25, 0.3) is 0 Å². The van der Waals surface area contributed by atoms with Gasteiger partial charge in [-0.2, -0.15) is 0 Å². The number of ketones is 1. The first-order valence-electron chi connectivity index (χ1n) is 7.86. The second-order valence-electron chi connectivity index (χ2n) is 5.55. The molecule has 0 spiro atoms. The Morgan fingerprint density at radius 2 is 1.42 bits per heavy atom. The van der Waals surface area contributed by atoms with Crippen LogP contribution in [0.15, 0.2) is 84.9 Å². The van der Waals surface area contributed by atoms with E-state index >= 15 is 0 Å². The third kappa shape index (κ3) is 3.91. The van der Waals surface area contributed by atoms with Gasteiger partial charge in [-0.1, -0.05) is 90.5 Å². The molecule has 3 aromatic rings. The molecule has 0 heterocycles. The number of rotatable bonds is 6. The van der Waals surface area contributed by atoms with E-state index in [9.17, 15) is 4.79 Å². The molecule has 0 aliphatic rings. The van der Waals surface area contributed by atoms with Crippen LogP contribution in [-0.4, -0.2) is 5.78 Å². The zero-order valence-electron chi connectivity index (χ0n) is 13.2. The summed E-state index contributed by atoms with van der Waals surface area (Å²) in [5, 5.41) is 4.06. The number of carbonyl (C=O) groups is 1. The molecule has 0 saturated heterocycles. The Labute approximate surface area is 147 Å². The molecule has 24 heavy (non-hydrogen) atoms. The van der Waals surface area contributed by atoms with Crippen LogP contribution in [0.25, 0.3) is 0 Å². The Kier molecular flexibility index (Phi) is 5.42. The quantitative estimate of drug-likeness (QED) is 0.638. The summed E-state index contributed by atoms with van der Waals surface area (Å²) in [7, 11) is 0. The normalized spacial score (nSPS) is 11.9. The fourth-order valence-corrected chi connectivity index (χ4v) is 2.83. The largest absolute Gasteiger partial charge is 0.299 e. The van der Waals surface area contributed by atoms with Crippen molar-refractivity contribution in [3.8, 4) is 0 Å². The van der Waals surface area contributed by atoms with E-state index < -0.39 is 6.04 Å². The molecule has 3 heteroatoms. The average molecular weight is 336 g/mol. The van der Waals surface area contributed by atoms with E-state index in [4.69, 9.17) is 11.6 Å². The van der Waals surface area contributed by atoms with Gasteiger partial charge >= 0.3 is 0 Å². The van der Waals surface area contributed by atoms with E-state index in [1.807, 2.05) is 84.9 Å². The smallest absolute Gasteiger partial charge is 0.184 e. The molecule has 1 unspecified atom stereocenters. The number of nitrogens with one attached hydrogen (secondary N) is 1. The molecule has 3 aromatic carbocycles. The maximum Gasteiger partial charge on any atom is 0.184 e. The summed E-state index contributed by atoms with van der Waals surface area (Å²) in [6.45, 7) is 0.526. The minimum absolute atomic E-state index is 0.0499. The third-order valence-corrected chi connectivity index (χ3v) is 4.28. The molecule has 0 saturated carbocycles. The molecular weight excluding hydrogens is 318 g/mol. The first-order valence-corrected chi connectivity index (χ1v) is 8.24. The number of Topliss-reactive ketones (excluding diaryl/α,β-unsaturated/α-hetero) is 1. The molecular formula is C21H18ClNO. The molecule has 120 valence electrons. The minimum atomic E-state index is -0.412. The van der Waals surface area contributed by atoms with E-state index in [1.165, 1.54) is 0 Å². The molecule has 0 aliphatic carbocycles. The molecule has 0 aromatic heterocycles. The van der Waals surface area contributed by atoms with Gasteiger partial charge in [-0.25, -0.2) is 0 Å². The van der Waals surface area contributed by atoms with Crippen LogP contribution >= 0.6 is 11.6 Å². The zero-order valence-corrected chi connectivity index (χ0v) is 13.9. The Balaban J connectivity index is 1.86. The monoisotopic (exact) mass is 335 g/mol. The Morgan fingerprint density at radius 3 is 2.08 bits per heavy atom. The van der Waals surface area contributed by atoms with Gasteiger partial charge in [0.1, 0.15) is 0 Å². The van der Waals surface area contributed by atoms with Crippen LogP contribution in [-0.2, 0) is 6.54 Å². The lowest BCUT2D eigenvalue weighted by Gasteiger charge is -2.19. The molecule has 3 rings (SSSR count). The van der Waals surface area contributed by atoms with Crippen LogP contribution in [0, 0.1) is 0 Å². The second kappa shape index (κ2) is 7.91. The topological polar surface area (TPSA) is 29.1 Å². The molecule has 0 radical (unpaired) electrons. The van der Waals surface area contributed by atoms with Crippen molar-refractivity contribution >= 4 is 17.4 Å². The molecule has 2 nitrogen and oxygen atoms in total.